The monoisotopic (exact) mass is 460 g/mol. The molecular weight excluding hydrogens is 428 g/mol. The van der Waals surface area contributed by atoms with Gasteiger partial charge in [-0.05, 0) is 54.5 Å². The van der Waals surface area contributed by atoms with E-state index in [1.54, 1.807) is 4.31 Å². The Balaban J connectivity index is 1.30. The number of nitrogens with zero attached hydrogens (tertiary/aromatic N) is 2. The Morgan fingerprint density at radius 1 is 0.697 bits per heavy atom. The molecule has 0 N–H and O–H groups in total. The van der Waals surface area contributed by atoms with Crippen molar-refractivity contribution >= 4 is 10.0 Å². The van der Waals surface area contributed by atoms with E-state index in [0.717, 1.165) is 44.3 Å². The summed E-state index contributed by atoms with van der Waals surface area (Å²) in [6.45, 7) is 3.16. The molecule has 0 saturated carbocycles. The number of piperidine rings is 1. The summed E-state index contributed by atoms with van der Waals surface area (Å²) in [4.78, 5) is 2.55. The van der Waals surface area contributed by atoms with Crippen LogP contribution >= 0.6 is 0 Å². The largest absolute Gasteiger partial charge is 0.292 e. The van der Waals surface area contributed by atoms with E-state index in [1.807, 2.05) is 36.4 Å². The molecule has 0 radical (unpaired) electrons. The summed E-state index contributed by atoms with van der Waals surface area (Å²) in [7, 11) is -3.33. The van der Waals surface area contributed by atoms with Gasteiger partial charge >= 0.3 is 0 Å². The molecule has 2 heterocycles. The van der Waals surface area contributed by atoms with Crippen LogP contribution in [-0.4, -0.2) is 42.8 Å². The Kier molecular flexibility index (Phi) is 6.37. The normalized spacial score (nSPS) is 22.1. The molecule has 0 bridgehead atoms. The Hall–Kier alpha value is -2.47. The van der Waals surface area contributed by atoms with Crippen molar-refractivity contribution in [2.24, 2.45) is 0 Å². The molecule has 2 fully saturated rings. The van der Waals surface area contributed by atoms with Gasteiger partial charge in [0, 0.05) is 25.2 Å². The zero-order valence-electron chi connectivity index (χ0n) is 19.1. The highest BCUT2D eigenvalue weighted by atomic mass is 32.2. The van der Waals surface area contributed by atoms with Gasteiger partial charge in [0.15, 0.2) is 0 Å². The highest BCUT2D eigenvalue weighted by Gasteiger charge is 2.46. The summed E-state index contributed by atoms with van der Waals surface area (Å²) in [5, 5.41) is 0. The summed E-state index contributed by atoms with van der Waals surface area (Å²) >= 11 is 0. The van der Waals surface area contributed by atoms with E-state index in [0.29, 0.717) is 13.1 Å². The number of hydrogen-bond acceptors (Lipinski definition) is 3. The first-order valence-electron chi connectivity index (χ1n) is 12.0. The molecule has 4 nitrogen and oxygen atoms in total. The van der Waals surface area contributed by atoms with Crippen molar-refractivity contribution in [2.45, 2.75) is 43.5 Å². The number of likely N-dealkylation sites (tertiary alicyclic amines) is 1. The maximum absolute atomic E-state index is 13.2. The summed E-state index contributed by atoms with van der Waals surface area (Å²) < 4.78 is 28.2. The van der Waals surface area contributed by atoms with E-state index in [9.17, 15) is 8.42 Å². The van der Waals surface area contributed by atoms with E-state index >= 15 is 0 Å². The van der Waals surface area contributed by atoms with Crippen LogP contribution in [0.5, 0.6) is 0 Å². The second-order valence-corrected chi connectivity index (χ2v) is 11.5. The van der Waals surface area contributed by atoms with Gasteiger partial charge in [0.25, 0.3) is 0 Å². The van der Waals surface area contributed by atoms with Gasteiger partial charge in [0.2, 0.25) is 10.0 Å². The highest BCUT2D eigenvalue weighted by Crippen LogP contribution is 2.39. The van der Waals surface area contributed by atoms with Gasteiger partial charge in [-0.3, -0.25) is 4.90 Å². The lowest BCUT2D eigenvalue weighted by atomic mass is 9.87. The molecule has 1 atom stereocenters. The summed E-state index contributed by atoms with van der Waals surface area (Å²) in [5.41, 5.74) is 4.57. The Bertz CT molecular complexity index is 1160. The Morgan fingerprint density at radius 2 is 1.30 bits per heavy atom. The van der Waals surface area contributed by atoms with Crippen molar-refractivity contribution in [3.8, 4) is 11.1 Å². The summed E-state index contributed by atoms with van der Waals surface area (Å²) in [5.74, 6) is 0.0882. The van der Waals surface area contributed by atoms with Crippen molar-refractivity contribution < 1.29 is 8.42 Å². The SMILES string of the molecule is O=S(=O)(Cc1ccccc1)N1CCC[C@]2(CCCN2Cc2ccc(-c3ccccc3)cc2)C1. The third kappa shape index (κ3) is 4.91. The minimum absolute atomic E-state index is 0.0416. The first-order valence-corrected chi connectivity index (χ1v) is 13.6. The predicted octanol–water partition coefficient (Wildman–Crippen LogP) is 5.31. The second kappa shape index (κ2) is 9.41. The average molecular weight is 461 g/mol. The third-order valence-electron chi connectivity index (χ3n) is 7.28. The fourth-order valence-corrected chi connectivity index (χ4v) is 7.18. The smallest absolute Gasteiger partial charge is 0.218 e. The van der Waals surface area contributed by atoms with Crippen LogP contribution in [0.25, 0.3) is 11.1 Å². The highest BCUT2D eigenvalue weighted by molar-refractivity contribution is 7.88. The number of sulfonamides is 1. The van der Waals surface area contributed by atoms with Gasteiger partial charge in [0.05, 0.1) is 5.75 Å². The maximum Gasteiger partial charge on any atom is 0.218 e. The number of rotatable bonds is 6. The Morgan fingerprint density at radius 3 is 2.00 bits per heavy atom. The summed E-state index contributed by atoms with van der Waals surface area (Å²) in [6.07, 6.45) is 4.21. The van der Waals surface area contributed by atoms with Crippen molar-refractivity contribution in [3.63, 3.8) is 0 Å². The number of benzene rings is 3. The lowest BCUT2D eigenvalue weighted by Gasteiger charge is -2.45. The molecule has 5 heteroatoms. The topological polar surface area (TPSA) is 40.6 Å². The third-order valence-corrected chi connectivity index (χ3v) is 9.08. The molecular formula is C28H32N2O2S. The van der Waals surface area contributed by atoms with Gasteiger partial charge in [-0.25, -0.2) is 8.42 Å². The van der Waals surface area contributed by atoms with Crippen molar-refractivity contribution in [2.75, 3.05) is 19.6 Å². The van der Waals surface area contributed by atoms with Crippen molar-refractivity contribution in [1.29, 1.82) is 0 Å². The van der Waals surface area contributed by atoms with E-state index in [2.05, 4.69) is 53.4 Å². The molecule has 5 rings (SSSR count). The lowest BCUT2D eigenvalue weighted by molar-refractivity contribution is 0.0678. The molecule has 2 saturated heterocycles. The van der Waals surface area contributed by atoms with E-state index < -0.39 is 10.0 Å². The van der Waals surface area contributed by atoms with Crippen LogP contribution in [0.1, 0.15) is 36.8 Å². The number of hydrogen-bond donors (Lipinski definition) is 0. The molecule has 2 aliphatic heterocycles. The predicted molar refractivity (Wildman–Crippen MR) is 134 cm³/mol. The minimum Gasteiger partial charge on any atom is -0.292 e. The standard InChI is InChI=1S/C28H32N2O2S/c31-33(32,22-25-9-3-1-4-10-25)30-20-8-18-28(23-30)17-7-19-29(28)21-24-13-15-27(16-14-24)26-11-5-2-6-12-26/h1-6,9-16H,7-8,17-23H2/t28-/m1/s1. The molecule has 0 aliphatic carbocycles. The fraction of sp³-hybridized carbons (Fsp3) is 0.357. The quantitative estimate of drug-likeness (QED) is 0.500. The van der Waals surface area contributed by atoms with Gasteiger partial charge in [-0.15, -0.1) is 0 Å². The molecule has 0 unspecified atom stereocenters. The van der Waals surface area contributed by atoms with E-state index in [4.69, 9.17) is 0 Å². The second-order valence-electron chi connectivity index (χ2n) is 9.49. The van der Waals surface area contributed by atoms with Gasteiger partial charge in [-0.1, -0.05) is 84.9 Å². The average Bonchev–Trinajstić information content (AvgIpc) is 3.21. The van der Waals surface area contributed by atoms with Gasteiger partial charge in [0.1, 0.15) is 0 Å². The minimum atomic E-state index is -3.33. The molecule has 0 amide bonds. The van der Waals surface area contributed by atoms with Crippen LogP contribution in [-0.2, 0) is 22.3 Å². The first-order chi connectivity index (χ1) is 16.0. The van der Waals surface area contributed by atoms with Crippen LogP contribution < -0.4 is 0 Å². The van der Waals surface area contributed by atoms with Crippen LogP contribution in [0, 0.1) is 0 Å². The van der Waals surface area contributed by atoms with E-state index in [-0.39, 0.29) is 11.3 Å². The van der Waals surface area contributed by atoms with Crippen LogP contribution in [0.15, 0.2) is 84.9 Å². The molecule has 0 aromatic heterocycles. The van der Waals surface area contributed by atoms with Gasteiger partial charge in [-0.2, -0.15) is 4.31 Å². The molecule has 3 aromatic rings. The summed E-state index contributed by atoms with van der Waals surface area (Å²) in [6, 6.07) is 28.8. The first kappa shape index (κ1) is 22.3. The molecule has 2 aliphatic rings. The zero-order valence-corrected chi connectivity index (χ0v) is 19.9. The van der Waals surface area contributed by atoms with Crippen molar-refractivity contribution in [1.82, 2.24) is 9.21 Å². The fourth-order valence-electron chi connectivity index (χ4n) is 5.54. The zero-order chi connectivity index (χ0) is 22.7. The van der Waals surface area contributed by atoms with Crippen LogP contribution in [0.2, 0.25) is 0 Å². The maximum atomic E-state index is 13.2. The van der Waals surface area contributed by atoms with Crippen molar-refractivity contribution in [3.05, 3.63) is 96.1 Å². The Labute approximate surface area is 197 Å². The molecule has 33 heavy (non-hydrogen) atoms. The van der Waals surface area contributed by atoms with Crippen LogP contribution in [0.4, 0.5) is 0 Å². The molecule has 172 valence electrons. The molecule has 3 aromatic carbocycles. The lowest BCUT2D eigenvalue weighted by Crippen LogP contribution is -2.56. The molecule has 1 spiro atoms. The van der Waals surface area contributed by atoms with Gasteiger partial charge < -0.3 is 0 Å². The van der Waals surface area contributed by atoms with Crippen LogP contribution in [0.3, 0.4) is 0 Å². The van der Waals surface area contributed by atoms with E-state index in [1.165, 1.54) is 16.7 Å².